The van der Waals surface area contributed by atoms with Crippen LogP contribution >= 0.6 is 0 Å². The number of ether oxygens (including phenoxy) is 1. The zero-order valence-corrected chi connectivity index (χ0v) is 11.9. The summed E-state index contributed by atoms with van der Waals surface area (Å²) >= 11 is 0. The molecular formula is C15H26N2O. The van der Waals surface area contributed by atoms with Crippen LogP contribution in [0.25, 0.3) is 0 Å². The van der Waals surface area contributed by atoms with Crippen LogP contribution in [0.2, 0.25) is 0 Å². The van der Waals surface area contributed by atoms with Crippen LogP contribution in [0.5, 0.6) is 5.75 Å². The molecule has 102 valence electrons. The maximum atomic E-state index is 5.78. The van der Waals surface area contributed by atoms with Gasteiger partial charge >= 0.3 is 0 Å². The van der Waals surface area contributed by atoms with Crippen LogP contribution in [0, 0.1) is 0 Å². The Morgan fingerprint density at radius 1 is 1.17 bits per heavy atom. The third-order valence-electron chi connectivity index (χ3n) is 2.85. The average Bonchev–Trinajstić information content (AvgIpc) is 2.37. The molecule has 1 rings (SSSR count). The van der Waals surface area contributed by atoms with Crippen molar-refractivity contribution in [1.29, 1.82) is 0 Å². The Labute approximate surface area is 111 Å². The van der Waals surface area contributed by atoms with Crippen molar-refractivity contribution in [1.82, 2.24) is 10.2 Å². The van der Waals surface area contributed by atoms with E-state index >= 15 is 0 Å². The van der Waals surface area contributed by atoms with Gasteiger partial charge in [-0.05, 0) is 51.7 Å². The summed E-state index contributed by atoms with van der Waals surface area (Å²) in [4.78, 5) is 2.20. The molecule has 0 saturated heterocycles. The molecule has 0 bridgehead atoms. The lowest BCUT2D eigenvalue weighted by atomic mass is 10.1. The van der Waals surface area contributed by atoms with E-state index in [1.54, 1.807) is 0 Å². The van der Waals surface area contributed by atoms with E-state index in [4.69, 9.17) is 4.74 Å². The summed E-state index contributed by atoms with van der Waals surface area (Å²) < 4.78 is 5.78. The molecule has 1 aromatic rings. The highest BCUT2D eigenvalue weighted by Gasteiger charge is 1.99. The zero-order valence-electron chi connectivity index (χ0n) is 11.9. The number of hydrogen-bond donors (Lipinski definition) is 1. The summed E-state index contributed by atoms with van der Waals surface area (Å²) in [6, 6.07) is 8.26. The molecule has 0 unspecified atom stereocenters. The summed E-state index contributed by atoms with van der Waals surface area (Å²) in [6.45, 7) is 5.98. The summed E-state index contributed by atoms with van der Waals surface area (Å²) in [5, 5.41) is 3.40. The van der Waals surface area contributed by atoms with Gasteiger partial charge in [0.25, 0.3) is 0 Å². The highest BCUT2D eigenvalue weighted by Crippen LogP contribution is 2.17. The van der Waals surface area contributed by atoms with Crippen molar-refractivity contribution in [2.75, 3.05) is 40.3 Å². The molecule has 3 nitrogen and oxygen atoms in total. The number of benzene rings is 1. The third-order valence-corrected chi connectivity index (χ3v) is 2.85. The van der Waals surface area contributed by atoms with Crippen molar-refractivity contribution in [3.8, 4) is 5.75 Å². The Balaban J connectivity index is 2.10. The monoisotopic (exact) mass is 250 g/mol. The van der Waals surface area contributed by atoms with Crippen molar-refractivity contribution >= 4 is 0 Å². The Bertz CT molecular complexity index is 326. The molecule has 0 heterocycles. The molecule has 0 atom stereocenters. The molecule has 0 radical (unpaired) electrons. The lowest BCUT2D eigenvalue weighted by Gasteiger charge is -2.12. The molecular weight excluding hydrogens is 224 g/mol. The van der Waals surface area contributed by atoms with Gasteiger partial charge in [-0.15, -0.1) is 0 Å². The number of rotatable bonds is 9. The van der Waals surface area contributed by atoms with Crippen LogP contribution in [-0.4, -0.2) is 45.2 Å². The lowest BCUT2D eigenvalue weighted by Crippen LogP contribution is -2.25. The van der Waals surface area contributed by atoms with Crippen molar-refractivity contribution < 1.29 is 4.74 Å². The number of aryl methyl sites for hydroxylation is 1. The fourth-order valence-electron chi connectivity index (χ4n) is 1.82. The van der Waals surface area contributed by atoms with Crippen molar-refractivity contribution in [2.24, 2.45) is 0 Å². The molecule has 0 fully saturated rings. The predicted octanol–water partition coefficient (Wildman–Crippen LogP) is 2.17. The Morgan fingerprint density at radius 2 is 1.94 bits per heavy atom. The first-order valence-corrected chi connectivity index (χ1v) is 6.80. The van der Waals surface area contributed by atoms with Crippen molar-refractivity contribution in [3.05, 3.63) is 29.8 Å². The average molecular weight is 250 g/mol. The van der Waals surface area contributed by atoms with Crippen LogP contribution in [0.3, 0.4) is 0 Å². The molecule has 3 heteroatoms. The summed E-state index contributed by atoms with van der Waals surface area (Å²) in [5.41, 5.74) is 1.28. The first kappa shape index (κ1) is 15.0. The van der Waals surface area contributed by atoms with Crippen LogP contribution in [0.4, 0.5) is 0 Å². The van der Waals surface area contributed by atoms with Crippen LogP contribution in [0.1, 0.15) is 18.9 Å². The van der Waals surface area contributed by atoms with E-state index in [1.165, 1.54) is 12.0 Å². The normalized spacial score (nSPS) is 10.9. The summed E-state index contributed by atoms with van der Waals surface area (Å²) in [6.07, 6.45) is 2.20. The fourth-order valence-corrected chi connectivity index (χ4v) is 1.82. The molecule has 0 aliphatic heterocycles. The molecule has 0 aliphatic carbocycles. The largest absolute Gasteiger partial charge is 0.492 e. The number of hydrogen-bond acceptors (Lipinski definition) is 3. The number of nitrogens with one attached hydrogen (secondary N) is 1. The molecule has 0 amide bonds. The van der Waals surface area contributed by atoms with Gasteiger partial charge in [0.05, 0.1) is 0 Å². The number of nitrogens with zero attached hydrogens (tertiary/aromatic N) is 1. The van der Waals surface area contributed by atoms with Crippen LogP contribution in [0.15, 0.2) is 24.3 Å². The van der Waals surface area contributed by atoms with Gasteiger partial charge in [0, 0.05) is 6.54 Å². The standard InChI is InChI=1S/C15H26N2O/c1-4-14-8-5-6-9-15(14)18-13-11-16-10-7-12-17(2)3/h5-6,8-9,16H,4,7,10-13H2,1-3H3. The van der Waals surface area contributed by atoms with Gasteiger partial charge in [0.2, 0.25) is 0 Å². The zero-order chi connectivity index (χ0) is 13.2. The van der Waals surface area contributed by atoms with Gasteiger partial charge in [-0.3, -0.25) is 0 Å². The van der Waals surface area contributed by atoms with E-state index in [0.29, 0.717) is 0 Å². The predicted molar refractivity (Wildman–Crippen MR) is 77.4 cm³/mol. The van der Waals surface area contributed by atoms with Gasteiger partial charge in [0.1, 0.15) is 12.4 Å². The highest BCUT2D eigenvalue weighted by molar-refractivity contribution is 5.33. The molecule has 1 aromatic carbocycles. The first-order chi connectivity index (χ1) is 8.74. The highest BCUT2D eigenvalue weighted by atomic mass is 16.5. The topological polar surface area (TPSA) is 24.5 Å². The maximum Gasteiger partial charge on any atom is 0.122 e. The molecule has 1 N–H and O–H groups in total. The van der Waals surface area contributed by atoms with Gasteiger partial charge in [-0.1, -0.05) is 25.1 Å². The molecule has 0 spiro atoms. The minimum atomic E-state index is 0.735. The molecule has 0 aliphatic rings. The molecule has 18 heavy (non-hydrogen) atoms. The first-order valence-electron chi connectivity index (χ1n) is 6.80. The van der Waals surface area contributed by atoms with E-state index in [-0.39, 0.29) is 0 Å². The molecule has 0 aromatic heterocycles. The third kappa shape index (κ3) is 6.03. The van der Waals surface area contributed by atoms with E-state index in [2.05, 4.69) is 43.4 Å². The van der Waals surface area contributed by atoms with Crippen LogP contribution < -0.4 is 10.1 Å². The van der Waals surface area contributed by atoms with E-state index in [1.807, 2.05) is 12.1 Å². The summed E-state index contributed by atoms with van der Waals surface area (Å²) in [7, 11) is 4.20. The Hall–Kier alpha value is -1.06. The van der Waals surface area contributed by atoms with Gasteiger partial charge < -0.3 is 15.0 Å². The Morgan fingerprint density at radius 3 is 2.67 bits per heavy atom. The van der Waals surface area contributed by atoms with Gasteiger partial charge in [0.15, 0.2) is 0 Å². The second-order valence-electron chi connectivity index (χ2n) is 4.72. The maximum absolute atomic E-state index is 5.78. The smallest absolute Gasteiger partial charge is 0.122 e. The van der Waals surface area contributed by atoms with Crippen molar-refractivity contribution in [2.45, 2.75) is 19.8 Å². The van der Waals surface area contributed by atoms with E-state index in [0.717, 1.165) is 38.4 Å². The van der Waals surface area contributed by atoms with Crippen LogP contribution in [-0.2, 0) is 6.42 Å². The quantitative estimate of drug-likeness (QED) is 0.680. The second kappa shape index (κ2) is 8.95. The minimum absolute atomic E-state index is 0.735. The lowest BCUT2D eigenvalue weighted by molar-refractivity contribution is 0.308. The Kier molecular flexibility index (Phi) is 7.46. The van der Waals surface area contributed by atoms with Gasteiger partial charge in [-0.2, -0.15) is 0 Å². The van der Waals surface area contributed by atoms with Crippen molar-refractivity contribution in [3.63, 3.8) is 0 Å². The van der Waals surface area contributed by atoms with E-state index in [9.17, 15) is 0 Å². The van der Waals surface area contributed by atoms with E-state index < -0.39 is 0 Å². The fraction of sp³-hybridized carbons (Fsp3) is 0.600. The second-order valence-corrected chi connectivity index (χ2v) is 4.72. The summed E-state index contributed by atoms with van der Waals surface area (Å²) in [5.74, 6) is 1.02. The number of para-hydroxylation sites is 1. The van der Waals surface area contributed by atoms with Gasteiger partial charge in [-0.25, -0.2) is 0 Å². The minimum Gasteiger partial charge on any atom is -0.492 e. The SMILES string of the molecule is CCc1ccccc1OCCNCCCN(C)C. The molecule has 0 saturated carbocycles.